The minimum Gasteiger partial charge on any atom is -0.497 e. The molecule has 3 rings (SSSR count). The maximum atomic E-state index is 12.7. The van der Waals surface area contributed by atoms with E-state index in [4.69, 9.17) is 9.47 Å². The average Bonchev–Trinajstić information content (AvgIpc) is 3.01. The molecule has 136 valence electrons. The van der Waals surface area contributed by atoms with Crippen LogP contribution in [0.3, 0.4) is 0 Å². The average molecular weight is 372 g/mol. The maximum absolute atomic E-state index is 12.7. The normalized spacial score (nSPS) is 11.5. The molecular weight excluding hydrogens is 352 g/mol. The fourth-order valence-corrected chi connectivity index (χ4v) is 3.53. The highest BCUT2D eigenvalue weighted by atomic mass is 32.1. The van der Waals surface area contributed by atoms with Gasteiger partial charge in [0.25, 0.3) is 5.56 Å². The molecule has 0 unspecified atom stereocenters. The molecule has 0 spiro atoms. The lowest BCUT2D eigenvalue weighted by atomic mass is 10.2. The van der Waals surface area contributed by atoms with Gasteiger partial charge in [0.2, 0.25) is 0 Å². The summed E-state index contributed by atoms with van der Waals surface area (Å²) in [6, 6.07) is 9.48. The summed E-state index contributed by atoms with van der Waals surface area (Å²) in [5.74, 6) is 0.306. The Balaban J connectivity index is 1.91. The molecule has 2 aromatic heterocycles. The molecule has 0 aliphatic rings. The molecule has 0 N–H and O–H groups in total. The molecule has 3 aromatic rings. The van der Waals surface area contributed by atoms with Gasteiger partial charge in [0.15, 0.2) is 0 Å². The first-order valence-corrected chi connectivity index (χ1v) is 8.94. The van der Waals surface area contributed by atoms with Gasteiger partial charge in [-0.3, -0.25) is 14.2 Å². The quantitative estimate of drug-likeness (QED) is 0.656. The molecule has 0 aliphatic heterocycles. The first kappa shape index (κ1) is 18.1. The number of hydrogen-bond donors (Lipinski definition) is 0. The first-order valence-electron chi connectivity index (χ1n) is 8.12. The molecule has 0 saturated carbocycles. The number of hydrogen-bond acceptors (Lipinski definition) is 6. The zero-order chi connectivity index (χ0) is 18.9. The Labute approximate surface area is 155 Å². The number of thiophene rings is 1. The van der Waals surface area contributed by atoms with E-state index in [2.05, 4.69) is 4.98 Å². The molecule has 6 nitrogen and oxygen atoms in total. The van der Waals surface area contributed by atoms with E-state index < -0.39 is 11.6 Å². The molecule has 0 radical (unpaired) electrons. The topological polar surface area (TPSA) is 70.4 Å². The summed E-state index contributed by atoms with van der Waals surface area (Å²) in [6.45, 7) is 5.20. The lowest BCUT2D eigenvalue weighted by Crippen LogP contribution is -2.30. The summed E-state index contributed by atoms with van der Waals surface area (Å²) in [7, 11) is 1.62. The molecule has 0 aliphatic carbocycles. The molecule has 0 fully saturated rings. The van der Waals surface area contributed by atoms with Crippen LogP contribution in [-0.2, 0) is 16.1 Å². The SMILES string of the molecule is COc1ccc(-c2cc3ncn(CC(=O)OC(C)(C)C)c(=O)c3s2)cc1. The molecule has 0 atom stereocenters. The van der Waals surface area contributed by atoms with Gasteiger partial charge in [-0.2, -0.15) is 0 Å². The summed E-state index contributed by atoms with van der Waals surface area (Å²) in [5, 5.41) is 0. The van der Waals surface area contributed by atoms with E-state index in [9.17, 15) is 9.59 Å². The van der Waals surface area contributed by atoms with Gasteiger partial charge in [-0.05, 0) is 56.7 Å². The minimum absolute atomic E-state index is 0.158. The van der Waals surface area contributed by atoms with Gasteiger partial charge < -0.3 is 9.47 Å². The Bertz CT molecular complexity index is 997. The van der Waals surface area contributed by atoms with E-state index in [0.29, 0.717) is 10.2 Å². The molecular formula is C19H20N2O4S. The van der Waals surface area contributed by atoms with E-state index in [-0.39, 0.29) is 12.1 Å². The van der Waals surface area contributed by atoms with Crippen LogP contribution >= 0.6 is 11.3 Å². The number of esters is 1. The van der Waals surface area contributed by atoms with Gasteiger partial charge in [-0.25, -0.2) is 4.98 Å². The van der Waals surface area contributed by atoms with Crippen LogP contribution in [0, 0.1) is 0 Å². The summed E-state index contributed by atoms with van der Waals surface area (Å²) < 4.78 is 12.2. The predicted molar refractivity (Wildman–Crippen MR) is 102 cm³/mol. The van der Waals surface area contributed by atoms with Crippen molar-refractivity contribution < 1.29 is 14.3 Å². The monoisotopic (exact) mass is 372 g/mol. The third kappa shape index (κ3) is 3.94. The fraction of sp³-hybridized carbons (Fsp3) is 0.316. The van der Waals surface area contributed by atoms with E-state index >= 15 is 0 Å². The summed E-state index contributed by atoms with van der Waals surface area (Å²) >= 11 is 1.36. The Kier molecular flexibility index (Phi) is 4.82. The van der Waals surface area contributed by atoms with Crippen molar-refractivity contribution in [3.63, 3.8) is 0 Å². The zero-order valence-electron chi connectivity index (χ0n) is 15.1. The lowest BCUT2D eigenvalue weighted by molar-refractivity contribution is -0.155. The van der Waals surface area contributed by atoms with Crippen molar-refractivity contribution in [2.24, 2.45) is 0 Å². The van der Waals surface area contributed by atoms with Crippen molar-refractivity contribution in [2.45, 2.75) is 32.9 Å². The van der Waals surface area contributed by atoms with Crippen molar-refractivity contribution in [2.75, 3.05) is 7.11 Å². The minimum atomic E-state index is -0.595. The molecule has 7 heteroatoms. The lowest BCUT2D eigenvalue weighted by Gasteiger charge is -2.19. The Morgan fingerprint density at radius 1 is 1.23 bits per heavy atom. The zero-order valence-corrected chi connectivity index (χ0v) is 15.9. The second kappa shape index (κ2) is 6.92. The smallest absolute Gasteiger partial charge is 0.326 e. The van der Waals surface area contributed by atoms with Crippen LogP contribution in [0.25, 0.3) is 20.7 Å². The Morgan fingerprint density at radius 3 is 2.54 bits per heavy atom. The highest BCUT2D eigenvalue weighted by molar-refractivity contribution is 7.22. The van der Waals surface area contributed by atoms with Crippen LogP contribution in [0.15, 0.2) is 41.5 Å². The summed E-state index contributed by atoms with van der Waals surface area (Å²) in [6.07, 6.45) is 1.39. The molecule has 26 heavy (non-hydrogen) atoms. The van der Waals surface area contributed by atoms with Crippen molar-refractivity contribution in [1.82, 2.24) is 9.55 Å². The molecule has 0 amide bonds. The first-order chi connectivity index (χ1) is 12.3. The van der Waals surface area contributed by atoms with E-state index in [1.54, 1.807) is 27.9 Å². The van der Waals surface area contributed by atoms with Gasteiger partial charge in [-0.1, -0.05) is 0 Å². The molecule has 0 saturated heterocycles. The van der Waals surface area contributed by atoms with Crippen molar-refractivity contribution in [1.29, 1.82) is 0 Å². The van der Waals surface area contributed by atoms with E-state index in [1.165, 1.54) is 22.2 Å². The number of carbonyl (C=O) groups excluding carboxylic acids is 1. The second-order valence-corrected chi connectivity index (χ2v) is 7.87. The van der Waals surface area contributed by atoms with Gasteiger partial charge in [0.05, 0.1) is 19.0 Å². The van der Waals surface area contributed by atoms with E-state index in [1.807, 2.05) is 30.3 Å². The van der Waals surface area contributed by atoms with Crippen LogP contribution in [0.1, 0.15) is 20.8 Å². The van der Waals surface area contributed by atoms with Crippen LogP contribution in [-0.4, -0.2) is 28.2 Å². The van der Waals surface area contributed by atoms with Gasteiger partial charge in [-0.15, -0.1) is 11.3 Å². The third-order valence-electron chi connectivity index (χ3n) is 3.60. The largest absolute Gasteiger partial charge is 0.497 e. The van der Waals surface area contributed by atoms with Gasteiger partial charge in [0, 0.05) is 4.88 Å². The number of carbonyl (C=O) groups is 1. The van der Waals surface area contributed by atoms with Crippen molar-refractivity contribution in [3.05, 3.63) is 47.0 Å². The van der Waals surface area contributed by atoms with Crippen LogP contribution in [0.5, 0.6) is 5.75 Å². The van der Waals surface area contributed by atoms with Gasteiger partial charge >= 0.3 is 5.97 Å². The number of rotatable bonds is 4. The molecule has 1 aromatic carbocycles. The predicted octanol–water partition coefficient (Wildman–Crippen LogP) is 3.48. The van der Waals surface area contributed by atoms with E-state index in [0.717, 1.165) is 16.2 Å². The third-order valence-corrected chi connectivity index (χ3v) is 4.76. The number of aromatic nitrogens is 2. The molecule has 0 bridgehead atoms. The standard InChI is InChI=1S/C19H20N2O4S/c1-19(2,3)25-16(22)10-21-11-20-14-9-15(26-17(14)18(21)23)12-5-7-13(24-4)8-6-12/h5-9,11H,10H2,1-4H3. The summed E-state index contributed by atoms with van der Waals surface area (Å²) in [4.78, 5) is 29.9. The van der Waals surface area contributed by atoms with Crippen LogP contribution in [0.4, 0.5) is 0 Å². The van der Waals surface area contributed by atoms with Crippen molar-refractivity contribution in [3.8, 4) is 16.2 Å². The second-order valence-electron chi connectivity index (χ2n) is 6.82. The highest BCUT2D eigenvalue weighted by Crippen LogP contribution is 2.31. The van der Waals surface area contributed by atoms with Crippen LogP contribution < -0.4 is 10.3 Å². The highest BCUT2D eigenvalue weighted by Gasteiger charge is 2.18. The number of nitrogens with zero attached hydrogens (tertiary/aromatic N) is 2. The van der Waals surface area contributed by atoms with Gasteiger partial charge in [0.1, 0.15) is 22.6 Å². The van der Waals surface area contributed by atoms with Crippen molar-refractivity contribution >= 4 is 27.5 Å². The fourth-order valence-electron chi connectivity index (χ4n) is 2.47. The Morgan fingerprint density at radius 2 is 1.92 bits per heavy atom. The number of fused-ring (bicyclic) bond motifs is 1. The maximum Gasteiger partial charge on any atom is 0.326 e. The number of ether oxygens (including phenoxy) is 2. The molecule has 2 heterocycles. The summed E-state index contributed by atoms with van der Waals surface area (Å²) in [5.41, 5.74) is 0.756. The Hall–Kier alpha value is -2.67. The van der Waals surface area contributed by atoms with Crippen LogP contribution in [0.2, 0.25) is 0 Å². The number of methoxy groups -OCH3 is 1. The number of benzene rings is 1.